The number of thioether (sulfide) groups is 1. The second-order valence-corrected chi connectivity index (χ2v) is 4.09. The van der Waals surface area contributed by atoms with Gasteiger partial charge in [0.05, 0.1) is 5.25 Å². The maximum Gasteiger partial charge on any atom is 0.209 e. The van der Waals surface area contributed by atoms with E-state index in [0.717, 1.165) is 5.82 Å². The number of hydrogen-bond donors (Lipinski definition) is 1. The van der Waals surface area contributed by atoms with Gasteiger partial charge in [-0.25, -0.2) is 4.98 Å². The average Bonchev–Trinajstić information content (AvgIpc) is 2.49. The standard InChI is InChI=1S/C8H13N3OS/c1-4-7(12)5(2)13-8-9-6(3)10-11-8/h5H,4H2,1-3H3,(H,9,10,11). The van der Waals surface area contributed by atoms with Crippen LogP contribution in [0.1, 0.15) is 26.1 Å². The molecule has 1 rings (SSSR count). The number of Topliss-reactive ketones (excluding diaryl/α,β-unsaturated/α-hetero) is 1. The molecule has 72 valence electrons. The predicted octanol–water partition coefficient (Wildman–Crippen LogP) is 1.57. The molecule has 0 aliphatic heterocycles. The lowest BCUT2D eigenvalue weighted by atomic mass is 10.2. The van der Waals surface area contributed by atoms with E-state index < -0.39 is 0 Å². The lowest BCUT2D eigenvalue weighted by Gasteiger charge is -2.04. The number of aryl methyl sites for hydroxylation is 1. The molecule has 0 spiro atoms. The number of ketones is 1. The topological polar surface area (TPSA) is 58.6 Å². The van der Waals surface area contributed by atoms with Crippen LogP contribution in [0.3, 0.4) is 0 Å². The monoisotopic (exact) mass is 199 g/mol. The minimum atomic E-state index is -0.0554. The lowest BCUT2D eigenvalue weighted by molar-refractivity contribution is -0.118. The Hall–Kier alpha value is -0.840. The molecular formula is C8H13N3OS. The summed E-state index contributed by atoms with van der Waals surface area (Å²) in [4.78, 5) is 15.3. The number of aromatic nitrogens is 3. The van der Waals surface area contributed by atoms with Crippen LogP contribution in [0.4, 0.5) is 0 Å². The van der Waals surface area contributed by atoms with E-state index in [-0.39, 0.29) is 11.0 Å². The summed E-state index contributed by atoms with van der Waals surface area (Å²) in [6.45, 7) is 5.58. The van der Waals surface area contributed by atoms with E-state index in [1.54, 1.807) is 0 Å². The van der Waals surface area contributed by atoms with Crippen molar-refractivity contribution in [2.24, 2.45) is 0 Å². The molecule has 0 radical (unpaired) electrons. The van der Waals surface area contributed by atoms with E-state index in [0.29, 0.717) is 11.6 Å². The van der Waals surface area contributed by atoms with Gasteiger partial charge in [-0.2, -0.15) is 0 Å². The van der Waals surface area contributed by atoms with Gasteiger partial charge in [-0.1, -0.05) is 18.7 Å². The van der Waals surface area contributed by atoms with Crippen molar-refractivity contribution in [3.63, 3.8) is 0 Å². The maximum atomic E-state index is 11.2. The van der Waals surface area contributed by atoms with Crippen molar-refractivity contribution in [3.8, 4) is 0 Å². The van der Waals surface area contributed by atoms with E-state index in [2.05, 4.69) is 15.2 Å². The van der Waals surface area contributed by atoms with Crippen molar-refractivity contribution in [1.29, 1.82) is 0 Å². The number of rotatable bonds is 4. The number of carbonyl (C=O) groups is 1. The Morgan fingerprint density at radius 2 is 2.38 bits per heavy atom. The molecule has 13 heavy (non-hydrogen) atoms. The summed E-state index contributed by atoms with van der Waals surface area (Å²) < 4.78 is 0. The largest absolute Gasteiger partial charge is 0.298 e. The second kappa shape index (κ2) is 4.41. The first-order valence-corrected chi connectivity index (χ1v) is 5.09. The first-order valence-electron chi connectivity index (χ1n) is 4.22. The molecule has 0 aromatic carbocycles. The molecule has 0 aliphatic carbocycles. The zero-order chi connectivity index (χ0) is 9.84. The van der Waals surface area contributed by atoms with E-state index in [1.165, 1.54) is 11.8 Å². The summed E-state index contributed by atoms with van der Waals surface area (Å²) in [6.07, 6.45) is 0.567. The van der Waals surface area contributed by atoms with E-state index >= 15 is 0 Å². The first kappa shape index (κ1) is 10.2. The summed E-state index contributed by atoms with van der Waals surface area (Å²) in [5, 5.41) is 7.27. The van der Waals surface area contributed by atoms with E-state index in [4.69, 9.17) is 0 Å². The zero-order valence-electron chi connectivity index (χ0n) is 8.00. The van der Waals surface area contributed by atoms with Crippen molar-refractivity contribution in [1.82, 2.24) is 15.2 Å². The molecular weight excluding hydrogens is 186 g/mol. The Labute approximate surface area is 81.5 Å². The molecule has 5 heteroatoms. The Morgan fingerprint density at radius 1 is 1.69 bits per heavy atom. The number of carbonyl (C=O) groups excluding carboxylic acids is 1. The molecule has 0 amide bonds. The van der Waals surface area contributed by atoms with Crippen LogP contribution in [0.25, 0.3) is 0 Å². The molecule has 0 aliphatic rings. The van der Waals surface area contributed by atoms with Crippen LogP contribution < -0.4 is 0 Å². The van der Waals surface area contributed by atoms with Crippen LogP contribution >= 0.6 is 11.8 Å². The van der Waals surface area contributed by atoms with Gasteiger partial charge in [0, 0.05) is 6.42 Å². The third-order valence-corrected chi connectivity index (χ3v) is 2.67. The van der Waals surface area contributed by atoms with E-state index in [9.17, 15) is 4.79 Å². The molecule has 0 saturated carbocycles. The van der Waals surface area contributed by atoms with Crippen LogP contribution in [-0.2, 0) is 4.79 Å². The lowest BCUT2D eigenvalue weighted by Crippen LogP contribution is -2.11. The number of hydrogen-bond acceptors (Lipinski definition) is 4. The fraction of sp³-hybridized carbons (Fsp3) is 0.625. The van der Waals surface area contributed by atoms with Gasteiger partial charge in [-0.15, -0.1) is 5.10 Å². The SMILES string of the molecule is CCC(=O)C(C)Sc1n[nH]c(C)n1. The molecule has 0 bridgehead atoms. The highest BCUT2D eigenvalue weighted by molar-refractivity contribution is 8.00. The normalized spacial score (nSPS) is 12.8. The molecule has 1 heterocycles. The van der Waals surface area contributed by atoms with Gasteiger partial charge in [0.2, 0.25) is 5.16 Å². The minimum Gasteiger partial charge on any atom is -0.298 e. The van der Waals surface area contributed by atoms with Crippen LogP contribution in [0.15, 0.2) is 5.16 Å². The molecule has 0 saturated heterocycles. The Morgan fingerprint density at radius 3 is 2.85 bits per heavy atom. The van der Waals surface area contributed by atoms with Gasteiger partial charge in [0.25, 0.3) is 0 Å². The molecule has 1 atom stereocenters. The first-order chi connectivity index (χ1) is 6.13. The number of nitrogens with zero attached hydrogens (tertiary/aromatic N) is 2. The van der Waals surface area contributed by atoms with Crippen LogP contribution in [0.5, 0.6) is 0 Å². The summed E-state index contributed by atoms with van der Waals surface area (Å²) in [5.41, 5.74) is 0. The van der Waals surface area contributed by atoms with Crippen molar-refractivity contribution in [2.45, 2.75) is 37.6 Å². The van der Waals surface area contributed by atoms with Crippen LogP contribution in [0, 0.1) is 6.92 Å². The fourth-order valence-corrected chi connectivity index (χ4v) is 1.79. The number of nitrogens with one attached hydrogen (secondary N) is 1. The second-order valence-electron chi connectivity index (χ2n) is 2.78. The third kappa shape index (κ3) is 2.84. The average molecular weight is 199 g/mol. The smallest absolute Gasteiger partial charge is 0.209 e. The van der Waals surface area contributed by atoms with Crippen LogP contribution in [-0.4, -0.2) is 26.2 Å². The summed E-state index contributed by atoms with van der Waals surface area (Å²) >= 11 is 1.39. The zero-order valence-corrected chi connectivity index (χ0v) is 8.81. The molecule has 4 nitrogen and oxygen atoms in total. The van der Waals surface area contributed by atoms with Crippen molar-refractivity contribution >= 4 is 17.5 Å². The van der Waals surface area contributed by atoms with Gasteiger partial charge in [-0.05, 0) is 13.8 Å². The van der Waals surface area contributed by atoms with Gasteiger partial charge in [0.15, 0.2) is 0 Å². The van der Waals surface area contributed by atoms with Crippen molar-refractivity contribution in [3.05, 3.63) is 5.82 Å². The Bertz CT molecular complexity index is 297. The summed E-state index contributed by atoms with van der Waals surface area (Å²) in [5.74, 6) is 1.01. The van der Waals surface area contributed by atoms with Gasteiger partial charge in [-0.3, -0.25) is 9.89 Å². The van der Waals surface area contributed by atoms with Gasteiger partial charge in [0.1, 0.15) is 11.6 Å². The summed E-state index contributed by atoms with van der Waals surface area (Å²) in [7, 11) is 0. The number of aromatic amines is 1. The highest BCUT2D eigenvalue weighted by Crippen LogP contribution is 2.20. The van der Waals surface area contributed by atoms with E-state index in [1.807, 2.05) is 20.8 Å². The summed E-state index contributed by atoms with van der Waals surface area (Å²) in [6, 6.07) is 0. The molecule has 1 N–H and O–H groups in total. The Kier molecular flexibility index (Phi) is 3.48. The molecule has 1 aromatic rings. The maximum absolute atomic E-state index is 11.2. The van der Waals surface area contributed by atoms with Crippen molar-refractivity contribution in [2.75, 3.05) is 0 Å². The third-order valence-electron chi connectivity index (χ3n) is 1.66. The van der Waals surface area contributed by atoms with Crippen LogP contribution in [0.2, 0.25) is 0 Å². The van der Waals surface area contributed by atoms with Gasteiger partial charge < -0.3 is 0 Å². The Balaban J connectivity index is 2.54. The van der Waals surface area contributed by atoms with Crippen molar-refractivity contribution < 1.29 is 4.79 Å². The molecule has 1 unspecified atom stereocenters. The molecule has 0 fully saturated rings. The predicted molar refractivity (Wildman–Crippen MR) is 51.7 cm³/mol. The highest BCUT2D eigenvalue weighted by Gasteiger charge is 2.14. The molecule has 1 aromatic heterocycles. The minimum absolute atomic E-state index is 0.0554. The fourth-order valence-electron chi connectivity index (χ4n) is 0.886. The highest BCUT2D eigenvalue weighted by atomic mass is 32.2. The van der Waals surface area contributed by atoms with Gasteiger partial charge >= 0.3 is 0 Å². The quantitative estimate of drug-likeness (QED) is 0.748. The number of H-pyrrole nitrogens is 1.